The number of aromatic nitrogens is 1. The monoisotopic (exact) mass is 323 g/mol. The average molecular weight is 323 g/mol. The van der Waals surface area contributed by atoms with Gasteiger partial charge in [0.25, 0.3) is 3.90 Å². The minimum absolute atomic E-state index is 0.328. The number of nitrogens with zero attached hydrogens (tertiary/aromatic N) is 1. The topological polar surface area (TPSA) is 26.0 Å². The van der Waals surface area contributed by atoms with Gasteiger partial charge < -0.3 is 4.42 Å². The fraction of sp³-hybridized carbons (Fsp3) is 0. The van der Waals surface area contributed by atoms with Crippen LogP contribution in [0.5, 0.6) is 0 Å². The van der Waals surface area contributed by atoms with Crippen molar-refractivity contribution in [2.45, 2.75) is 0 Å². The van der Waals surface area contributed by atoms with Crippen LogP contribution < -0.4 is 0 Å². The van der Waals surface area contributed by atoms with Gasteiger partial charge in [0.2, 0.25) is 0 Å². The zero-order valence-corrected chi connectivity index (χ0v) is 9.71. The Morgan fingerprint density at radius 2 is 2.21 bits per heavy atom. The minimum Gasteiger partial charge on any atom is -0.440 e. The van der Waals surface area contributed by atoms with Crippen LogP contribution in [0.3, 0.4) is 0 Å². The summed E-state index contributed by atoms with van der Waals surface area (Å²) in [5, 5.41) is 0.328. The maximum Gasteiger partial charge on any atom is 0.257 e. The SMILES string of the molecule is Fc1ccc(-c2coc(I)n2)c(Cl)c1. The lowest BCUT2D eigenvalue weighted by Crippen LogP contribution is -1.81. The van der Waals surface area contributed by atoms with Gasteiger partial charge >= 0.3 is 0 Å². The largest absolute Gasteiger partial charge is 0.440 e. The average Bonchev–Trinajstić information content (AvgIpc) is 2.51. The van der Waals surface area contributed by atoms with Crippen LogP contribution in [0, 0.1) is 9.71 Å². The summed E-state index contributed by atoms with van der Waals surface area (Å²) in [7, 11) is 0. The van der Waals surface area contributed by atoms with Crippen molar-refractivity contribution in [2.24, 2.45) is 0 Å². The van der Waals surface area contributed by atoms with Crippen LogP contribution in [0.15, 0.2) is 28.9 Å². The molecule has 0 unspecified atom stereocenters. The summed E-state index contributed by atoms with van der Waals surface area (Å²) in [6, 6.07) is 4.16. The highest BCUT2D eigenvalue weighted by molar-refractivity contribution is 14.1. The molecule has 0 amide bonds. The Morgan fingerprint density at radius 3 is 2.79 bits per heavy atom. The molecule has 0 N–H and O–H groups in total. The zero-order chi connectivity index (χ0) is 10.1. The Bertz CT molecular complexity index is 472. The Morgan fingerprint density at radius 1 is 1.43 bits per heavy atom. The van der Waals surface area contributed by atoms with Crippen LogP contribution in [0.25, 0.3) is 11.3 Å². The molecule has 0 aliphatic rings. The van der Waals surface area contributed by atoms with Crippen LogP contribution in [0.4, 0.5) is 4.39 Å². The van der Waals surface area contributed by atoms with E-state index in [9.17, 15) is 4.39 Å². The molecule has 14 heavy (non-hydrogen) atoms. The lowest BCUT2D eigenvalue weighted by atomic mass is 10.2. The van der Waals surface area contributed by atoms with Crippen molar-refractivity contribution in [2.75, 3.05) is 0 Å². The van der Waals surface area contributed by atoms with Gasteiger partial charge in [-0.25, -0.2) is 9.37 Å². The summed E-state index contributed by atoms with van der Waals surface area (Å²) >= 11 is 7.80. The summed E-state index contributed by atoms with van der Waals surface area (Å²) in [6.07, 6.45) is 1.49. The Kier molecular flexibility index (Phi) is 2.73. The molecule has 0 atom stereocenters. The second-order valence-electron chi connectivity index (χ2n) is 2.61. The molecule has 2 rings (SSSR count). The van der Waals surface area contributed by atoms with E-state index in [1.54, 1.807) is 6.07 Å². The first-order chi connectivity index (χ1) is 6.66. The van der Waals surface area contributed by atoms with Crippen molar-refractivity contribution in [3.63, 3.8) is 0 Å². The lowest BCUT2D eigenvalue weighted by molar-refractivity contribution is 0.525. The number of halogens is 3. The molecule has 0 bridgehead atoms. The van der Waals surface area contributed by atoms with E-state index in [0.29, 0.717) is 20.2 Å². The van der Waals surface area contributed by atoms with E-state index in [2.05, 4.69) is 4.98 Å². The molecule has 0 radical (unpaired) electrons. The van der Waals surface area contributed by atoms with Crippen molar-refractivity contribution < 1.29 is 8.81 Å². The third-order valence-electron chi connectivity index (χ3n) is 1.68. The molecule has 1 aromatic carbocycles. The summed E-state index contributed by atoms with van der Waals surface area (Å²) < 4.78 is 18.3. The number of hydrogen-bond acceptors (Lipinski definition) is 2. The molecular weight excluding hydrogens is 319 g/mol. The van der Waals surface area contributed by atoms with Crippen molar-refractivity contribution in [1.29, 1.82) is 0 Å². The van der Waals surface area contributed by atoms with E-state index in [1.165, 1.54) is 18.4 Å². The van der Waals surface area contributed by atoms with Gasteiger partial charge in [0.1, 0.15) is 17.8 Å². The van der Waals surface area contributed by atoms with Crippen LogP contribution >= 0.6 is 34.2 Å². The van der Waals surface area contributed by atoms with Crippen molar-refractivity contribution >= 4 is 34.2 Å². The summed E-state index contributed by atoms with van der Waals surface area (Å²) in [5.41, 5.74) is 1.28. The van der Waals surface area contributed by atoms with Gasteiger partial charge in [0.05, 0.1) is 5.02 Å². The van der Waals surface area contributed by atoms with Crippen molar-refractivity contribution in [3.8, 4) is 11.3 Å². The van der Waals surface area contributed by atoms with Gasteiger partial charge in [-0.2, -0.15) is 0 Å². The second kappa shape index (κ2) is 3.86. The van der Waals surface area contributed by atoms with E-state index < -0.39 is 0 Å². The third-order valence-corrected chi connectivity index (χ3v) is 2.49. The first kappa shape index (κ1) is 9.92. The Balaban J connectivity index is 2.52. The van der Waals surface area contributed by atoms with Crippen LogP contribution in [-0.2, 0) is 0 Å². The molecule has 0 aliphatic heterocycles. The third kappa shape index (κ3) is 1.90. The maximum atomic E-state index is 12.7. The first-order valence-electron chi connectivity index (χ1n) is 3.73. The molecule has 2 aromatic rings. The van der Waals surface area contributed by atoms with E-state index >= 15 is 0 Å². The van der Waals surface area contributed by atoms with E-state index in [-0.39, 0.29) is 5.82 Å². The summed E-state index contributed by atoms with van der Waals surface area (Å²) in [5.74, 6) is -0.364. The number of rotatable bonds is 1. The molecule has 0 spiro atoms. The molecule has 0 aliphatic carbocycles. The fourth-order valence-corrected chi connectivity index (χ4v) is 1.72. The molecule has 2 nitrogen and oxygen atoms in total. The molecule has 1 heterocycles. The van der Waals surface area contributed by atoms with Gasteiger partial charge in [-0.1, -0.05) is 11.6 Å². The molecule has 72 valence electrons. The predicted molar refractivity (Wildman–Crippen MR) is 59.6 cm³/mol. The lowest BCUT2D eigenvalue weighted by Gasteiger charge is -1.98. The Labute approximate surface area is 98.2 Å². The van der Waals surface area contributed by atoms with Gasteiger partial charge in [0, 0.05) is 28.2 Å². The van der Waals surface area contributed by atoms with Crippen molar-refractivity contribution in [3.05, 3.63) is 39.2 Å². The smallest absolute Gasteiger partial charge is 0.257 e. The highest BCUT2D eigenvalue weighted by atomic mass is 127. The molecular formula is C9H4ClFINO. The van der Waals surface area contributed by atoms with E-state index in [1.807, 2.05) is 22.6 Å². The quantitative estimate of drug-likeness (QED) is 0.747. The first-order valence-corrected chi connectivity index (χ1v) is 5.19. The second-order valence-corrected chi connectivity index (χ2v) is 3.94. The van der Waals surface area contributed by atoms with Crippen LogP contribution in [0.2, 0.25) is 5.02 Å². The number of benzene rings is 1. The van der Waals surface area contributed by atoms with E-state index in [0.717, 1.165) is 0 Å². The molecule has 5 heteroatoms. The molecule has 0 saturated carbocycles. The molecule has 0 saturated heterocycles. The number of hydrogen-bond donors (Lipinski definition) is 0. The predicted octanol–water partition coefficient (Wildman–Crippen LogP) is 3.74. The van der Waals surface area contributed by atoms with Gasteiger partial charge in [-0.15, -0.1) is 0 Å². The van der Waals surface area contributed by atoms with E-state index in [4.69, 9.17) is 16.0 Å². The van der Waals surface area contributed by atoms with Crippen LogP contribution in [0.1, 0.15) is 0 Å². The summed E-state index contributed by atoms with van der Waals surface area (Å²) in [6.45, 7) is 0. The van der Waals surface area contributed by atoms with Gasteiger partial charge in [0.15, 0.2) is 0 Å². The number of oxazole rings is 1. The highest BCUT2D eigenvalue weighted by Gasteiger charge is 2.08. The standard InChI is InChI=1S/C9H4ClFINO/c10-7-3-5(11)1-2-6(7)8-4-14-9(12)13-8/h1-4H. The Hall–Kier alpha value is -0.620. The summed E-state index contributed by atoms with van der Waals surface area (Å²) in [4.78, 5) is 4.08. The maximum absolute atomic E-state index is 12.7. The minimum atomic E-state index is -0.364. The van der Waals surface area contributed by atoms with Gasteiger partial charge in [-0.3, -0.25) is 0 Å². The normalized spacial score (nSPS) is 10.5. The highest BCUT2D eigenvalue weighted by Crippen LogP contribution is 2.27. The van der Waals surface area contributed by atoms with Crippen LogP contribution in [-0.4, -0.2) is 4.98 Å². The van der Waals surface area contributed by atoms with Gasteiger partial charge in [-0.05, 0) is 18.2 Å². The molecule has 1 aromatic heterocycles. The van der Waals surface area contributed by atoms with Crippen molar-refractivity contribution in [1.82, 2.24) is 4.98 Å². The molecule has 0 fully saturated rings. The zero-order valence-electron chi connectivity index (χ0n) is 6.80. The fourth-order valence-electron chi connectivity index (χ4n) is 1.07.